The number of hydrogen-bond acceptors (Lipinski definition) is 4. The Balaban J connectivity index is 1.47. The van der Waals surface area contributed by atoms with Gasteiger partial charge in [0.2, 0.25) is 0 Å². The summed E-state index contributed by atoms with van der Waals surface area (Å²) in [5.41, 5.74) is 0.638. The largest absolute Gasteiger partial charge is 0.336 e. The maximum atomic E-state index is 13.0. The van der Waals surface area contributed by atoms with Crippen LogP contribution in [0, 0.1) is 0 Å². The van der Waals surface area contributed by atoms with Crippen LogP contribution in [0.15, 0.2) is 70.4 Å². The summed E-state index contributed by atoms with van der Waals surface area (Å²) >= 11 is 6.17. The number of carbonyl (C=O) groups is 1. The van der Waals surface area contributed by atoms with E-state index in [1.807, 2.05) is 18.2 Å². The number of benzene rings is 2. The number of carbonyl (C=O) groups excluding carboxylic acids is 1. The van der Waals surface area contributed by atoms with Gasteiger partial charge in [-0.3, -0.25) is 19.1 Å². The number of amides is 1. The number of piperazine rings is 1. The van der Waals surface area contributed by atoms with E-state index >= 15 is 0 Å². The maximum absolute atomic E-state index is 13.0. The molecule has 0 radical (unpaired) electrons. The molecule has 0 atom stereocenters. The highest BCUT2D eigenvalue weighted by atomic mass is 35.5. The number of nitrogens with one attached hydrogen (secondary N) is 1. The van der Waals surface area contributed by atoms with Gasteiger partial charge in [-0.25, -0.2) is 4.79 Å². The summed E-state index contributed by atoms with van der Waals surface area (Å²) in [6.07, 6.45) is 1.21. The van der Waals surface area contributed by atoms with Crippen molar-refractivity contribution in [3.05, 3.63) is 103 Å². The summed E-state index contributed by atoms with van der Waals surface area (Å²) in [6.45, 7) is 3.31. The van der Waals surface area contributed by atoms with Gasteiger partial charge in [0.25, 0.3) is 11.5 Å². The lowest BCUT2D eigenvalue weighted by atomic mass is 10.2. The Hall–Kier alpha value is -3.16. The van der Waals surface area contributed by atoms with Gasteiger partial charge < -0.3 is 9.88 Å². The molecule has 2 aromatic carbocycles. The van der Waals surface area contributed by atoms with E-state index in [0.717, 1.165) is 24.2 Å². The third-order valence-corrected chi connectivity index (χ3v) is 5.85. The van der Waals surface area contributed by atoms with Crippen LogP contribution in [0.4, 0.5) is 0 Å². The van der Waals surface area contributed by atoms with Crippen LogP contribution in [0.2, 0.25) is 5.02 Å². The smallest absolute Gasteiger partial charge is 0.328 e. The fraction of sp³-hybridized carbons (Fsp3) is 0.261. The predicted octanol–water partition coefficient (Wildman–Crippen LogP) is 2.20. The standard InChI is InChI=1S/C23H23ClN4O3/c24-20-9-5-4-8-18(20)16-28-22(30)19(14-25-23(28)31)21(29)27-12-10-26(11-13-27)15-17-6-2-1-3-7-17/h1-9,14H,10-13,15-16H2,(H,25,31). The molecule has 2 heterocycles. The minimum absolute atomic E-state index is 0.000185. The molecule has 1 fully saturated rings. The van der Waals surface area contributed by atoms with Crippen molar-refractivity contribution in [3.8, 4) is 0 Å². The second-order valence-electron chi connectivity index (χ2n) is 7.54. The Morgan fingerprint density at radius 1 is 0.903 bits per heavy atom. The van der Waals surface area contributed by atoms with Crippen molar-refractivity contribution in [3.63, 3.8) is 0 Å². The Bertz CT molecular complexity index is 1180. The average Bonchev–Trinajstić information content (AvgIpc) is 2.79. The highest BCUT2D eigenvalue weighted by Gasteiger charge is 2.25. The quantitative estimate of drug-likeness (QED) is 0.662. The van der Waals surface area contributed by atoms with Crippen LogP contribution in [0.5, 0.6) is 0 Å². The summed E-state index contributed by atoms with van der Waals surface area (Å²) in [5.74, 6) is -0.367. The molecule has 0 unspecified atom stereocenters. The first-order valence-corrected chi connectivity index (χ1v) is 10.5. The van der Waals surface area contributed by atoms with Crippen molar-refractivity contribution in [2.24, 2.45) is 0 Å². The summed E-state index contributed by atoms with van der Waals surface area (Å²) < 4.78 is 1.01. The Kier molecular flexibility index (Phi) is 6.34. The number of halogens is 1. The van der Waals surface area contributed by atoms with Crippen LogP contribution < -0.4 is 11.2 Å². The van der Waals surface area contributed by atoms with Gasteiger partial charge in [-0.1, -0.05) is 60.1 Å². The van der Waals surface area contributed by atoms with Gasteiger partial charge in [-0.05, 0) is 17.2 Å². The van der Waals surface area contributed by atoms with Crippen LogP contribution in [-0.2, 0) is 13.1 Å². The van der Waals surface area contributed by atoms with E-state index in [-0.39, 0.29) is 18.0 Å². The minimum atomic E-state index is -0.611. The van der Waals surface area contributed by atoms with Gasteiger partial charge >= 0.3 is 5.69 Å². The SMILES string of the molecule is O=C(c1c[nH]c(=O)n(Cc2ccccc2Cl)c1=O)N1CCN(Cc2ccccc2)CC1. The molecule has 160 valence electrons. The second-order valence-corrected chi connectivity index (χ2v) is 7.95. The Morgan fingerprint density at radius 2 is 1.58 bits per heavy atom. The zero-order valence-corrected chi connectivity index (χ0v) is 17.7. The van der Waals surface area contributed by atoms with Crippen LogP contribution in [-0.4, -0.2) is 51.4 Å². The molecular formula is C23H23ClN4O3. The number of aromatic amines is 1. The van der Waals surface area contributed by atoms with E-state index in [1.54, 1.807) is 29.2 Å². The molecule has 0 saturated carbocycles. The van der Waals surface area contributed by atoms with E-state index in [9.17, 15) is 14.4 Å². The Morgan fingerprint density at radius 3 is 2.29 bits per heavy atom. The number of H-pyrrole nitrogens is 1. The first kappa shape index (κ1) is 21.1. The third kappa shape index (κ3) is 4.78. The van der Waals surface area contributed by atoms with Crippen molar-refractivity contribution in [1.29, 1.82) is 0 Å². The monoisotopic (exact) mass is 438 g/mol. The fourth-order valence-corrected chi connectivity index (χ4v) is 3.92. The Labute approximate surface area is 184 Å². The topological polar surface area (TPSA) is 78.4 Å². The molecular weight excluding hydrogens is 416 g/mol. The first-order chi connectivity index (χ1) is 15.0. The highest BCUT2D eigenvalue weighted by Crippen LogP contribution is 2.15. The van der Waals surface area contributed by atoms with Crippen molar-refractivity contribution in [1.82, 2.24) is 19.4 Å². The molecule has 1 N–H and O–H groups in total. The highest BCUT2D eigenvalue weighted by molar-refractivity contribution is 6.31. The molecule has 7 nitrogen and oxygen atoms in total. The average molecular weight is 439 g/mol. The van der Waals surface area contributed by atoms with Crippen molar-refractivity contribution in [2.45, 2.75) is 13.1 Å². The second kappa shape index (κ2) is 9.32. The summed E-state index contributed by atoms with van der Waals surface area (Å²) in [5, 5.41) is 0.458. The molecule has 3 aromatic rings. The van der Waals surface area contributed by atoms with Gasteiger partial charge in [-0.15, -0.1) is 0 Å². The number of hydrogen-bond donors (Lipinski definition) is 1. The summed E-state index contributed by atoms with van der Waals surface area (Å²) in [7, 11) is 0. The first-order valence-electron chi connectivity index (χ1n) is 10.1. The minimum Gasteiger partial charge on any atom is -0.336 e. The lowest BCUT2D eigenvalue weighted by Crippen LogP contribution is -2.50. The summed E-state index contributed by atoms with van der Waals surface area (Å²) in [4.78, 5) is 44.7. The maximum Gasteiger partial charge on any atom is 0.328 e. The molecule has 1 amide bonds. The van der Waals surface area contributed by atoms with E-state index in [4.69, 9.17) is 11.6 Å². The lowest BCUT2D eigenvalue weighted by Gasteiger charge is -2.34. The van der Waals surface area contributed by atoms with Gasteiger partial charge in [0.05, 0.1) is 6.54 Å². The normalized spacial score (nSPS) is 14.5. The van der Waals surface area contributed by atoms with Crippen LogP contribution in [0.3, 0.4) is 0 Å². The number of aromatic nitrogens is 2. The summed E-state index contributed by atoms with van der Waals surface area (Å²) in [6, 6.07) is 17.2. The van der Waals surface area contributed by atoms with E-state index in [0.29, 0.717) is 23.7 Å². The lowest BCUT2D eigenvalue weighted by molar-refractivity contribution is 0.0625. The zero-order chi connectivity index (χ0) is 21.8. The van der Waals surface area contributed by atoms with Gasteiger partial charge in [0.1, 0.15) is 5.56 Å². The van der Waals surface area contributed by atoms with Crippen molar-refractivity contribution < 1.29 is 4.79 Å². The molecule has 1 aliphatic heterocycles. The van der Waals surface area contributed by atoms with Gasteiger partial charge in [0.15, 0.2) is 0 Å². The van der Waals surface area contributed by atoms with Crippen molar-refractivity contribution >= 4 is 17.5 Å². The molecule has 31 heavy (non-hydrogen) atoms. The van der Waals surface area contributed by atoms with Crippen LogP contribution >= 0.6 is 11.6 Å². The molecule has 0 bridgehead atoms. The van der Waals surface area contributed by atoms with Crippen molar-refractivity contribution in [2.75, 3.05) is 26.2 Å². The molecule has 4 rings (SSSR count). The third-order valence-electron chi connectivity index (χ3n) is 5.49. The molecule has 0 aliphatic carbocycles. The van der Waals surface area contributed by atoms with Crippen LogP contribution in [0.1, 0.15) is 21.5 Å². The fourth-order valence-electron chi connectivity index (χ4n) is 3.73. The van der Waals surface area contributed by atoms with E-state index in [2.05, 4.69) is 22.0 Å². The predicted molar refractivity (Wildman–Crippen MR) is 119 cm³/mol. The molecule has 8 heteroatoms. The van der Waals surface area contributed by atoms with Crippen LogP contribution in [0.25, 0.3) is 0 Å². The molecule has 1 aliphatic rings. The molecule has 1 saturated heterocycles. The number of rotatable bonds is 5. The van der Waals surface area contributed by atoms with Gasteiger partial charge in [0, 0.05) is 43.9 Å². The zero-order valence-electron chi connectivity index (χ0n) is 17.0. The van der Waals surface area contributed by atoms with Gasteiger partial charge in [-0.2, -0.15) is 0 Å². The molecule has 1 aromatic heterocycles. The molecule has 0 spiro atoms. The van der Waals surface area contributed by atoms with E-state index < -0.39 is 11.2 Å². The number of nitrogens with zero attached hydrogens (tertiary/aromatic N) is 3. The van der Waals surface area contributed by atoms with E-state index in [1.165, 1.54) is 11.8 Å².